The lowest BCUT2D eigenvalue weighted by Gasteiger charge is -2.27. The number of carbonyl (C=O) groups excluding carboxylic acids is 1. The van der Waals surface area contributed by atoms with Crippen LogP contribution in [-0.2, 0) is 25.9 Å². The average Bonchev–Trinajstić information content (AvgIpc) is 3.12. The Kier molecular flexibility index (Phi) is 2.85. The molecule has 0 spiro atoms. The molecule has 2 N–H and O–H groups in total. The van der Waals surface area contributed by atoms with E-state index in [0.29, 0.717) is 12.2 Å². The van der Waals surface area contributed by atoms with Gasteiger partial charge in [0.2, 0.25) is 0 Å². The lowest BCUT2D eigenvalue weighted by atomic mass is 10.0. The van der Waals surface area contributed by atoms with Crippen molar-refractivity contribution in [3.8, 4) is 0 Å². The van der Waals surface area contributed by atoms with Crippen molar-refractivity contribution in [3.05, 3.63) is 38.8 Å². The van der Waals surface area contributed by atoms with Gasteiger partial charge >= 0.3 is 0 Å². The van der Waals surface area contributed by atoms with E-state index in [4.69, 9.17) is 0 Å². The molecule has 6 heteroatoms. The molecule has 4 heterocycles. The fourth-order valence-electron chi connectivity index (χ4n) is 2.97. The number of hydrogen-bond donors (Lipinski definition) is 2. The fraction of sp³-hybridized carbons (Fsp3) is 0.429. The summed E-state index contributed by atoms with van der Waals surface area (Å²) in [6, 6.07) is 2.13. The number of amides is 1. The van der Waals surface area contributed by atoms with Gasteiger partial charge in [0.15, 0.2) is 5.69 Å². The summed E-state index contributed by atoms with van der Waals surface area (Å²) in [5.41, 5.74) is 4.06. The Morgan fingerprint density at radius 1 is 1.40 bits per heavy atom. The van der Waals surface area contributed by atoms with Crippen molar-refractivity contribution >= 4 is 17.2 Å². The Balaban J connectivity index is 1.61. The third-order valence-electron chi connectivity index (χ3n) is 4.10. The fourth-order valence-corrected chi connectivity index (χ4v) is 3.86. The second-order valence-electron chi connectivity index (χ2n) is 5.30. The normalized spacial score (nSPS) is 17.7. The van der Waals surface area contributed by atoms with E-state index in [1.807, 2.05) is 4.90 Å². The van der Waals surface area contributed by atoms with E-state index >= 15 is 0 Å². The first-order chi connectivity index (χ1) is 9.83. The van der Waals surface area contributed by atoms with Crippen molar-refractivity contribution < 1.29 is 4.79 Å². The quantitative estimate of drug-likeness (QED) is 0.832. The van der Waals surface area contributed by atoms with Gasteiger partial charge in [-0.2, -0.15) is 5.10 Å². The van der Waals surface area contributed by atoms with Crippen LogP contribution >= 0.6 is 11.3 Å². The van der Waals surface area contributed by atoms with Crippen LogP contribution in [0, 0.1) is 0 Å². The Morgan fingerprint density at radius 3 is 3.30 bits per heavy atom. The molecule has 5 nitrogen and oxygen atoms in total. The molecular formula is C14H16N4OS. The lowest BCUT2D eigenvalue weighted by molar-refractivity contribution is 0.0728. The molecule has 0 radical (unpaired) electrons. The summed E-state index contributed by atoms with van der Waals surface area (Å²) >= 11 is 1.79. The van der Waals surface area contributed by atoms with Gasteiger partial charge in [0, 0.05) is 48.7 Å². The van der Waals surface area contributed by atoms with E-state index in [9.17, 15) is 4.79 Å². The topological polar surface area (TPSA) is 61.0 Å². The molecule has 20 heavy (non-hydrogen) atoms. The van der Waals surface area contributed by atoms with Crippen LogP contribution in [0.2, 0.25) is 0 Å². The van der Waals surface area contributed by atoms with Crippen LogP contribution in [0.15, 0.2) is 11.4 Å². The van der Waals surface area contributed by atoms with Gasteiger partial charge in [-0.05, 0) is 23.4 Å². The highest BCUT2D eigenvalue weighted by atomic mass is 32.1. The molecule has 104 valence electrons. The molecule has 0 bridgehead atoms. The minimum Gasteiger partial charge on any atom is -0.333 e. The van der Waals surface area contributed by atoms with Crippen LogP contribution < -0.4 is 5.32 Å². The maximum Gasteiger partial charge on any atom is 0.275 e. The number of hydrogen-bond acceptors (Lipinski definition) is 4. The van der Waals surface area contributed by atoms with Gasteiger partial charge in [-0.15, -0.1) is 11.3 Å². The number of thiophene rings is 1. The molecule has 2 aromatic heterocycles. The summed E-state index contributed by atoms with van der Waals surface area (Å²) in [7, 11) is 0. The lowest BCUT2D eigenvalue weighted by Crippen LogP contribution is -2.36. The van der Waals surface area contributed by atoms with Crippen LogP contribution in [0.3, 0.4) is 0 Å². The van der Waals surface area contributed by atoms with Crippen LogP contribution in [0.25, 0.3) is 0 Å². The summed E-state index contributed by atoms with van der Waals surface area (Å²) in [6.45, 7) is 3.20. The van der Waals surface area contributed by atoms with Gasteiger partial charge in [-0.25, -0.2) is 0 Å². The van der Waals surface area contributed by atoms with Gasteiger partial charge in [0.1, 0.15) is 0 Å². The maximum absolute atomic E-state index is 12.7. The maximum atomic E-state index is 12.7. The van der Waals surface area contributed by atoms with Crippen molar-refractivity contribution in [2.75, 3.05) is 13.1 Å². The first kappa shape index (κ1) is 12.1. The Bertz CT molecular complexity index is 660. The van der Waals surface area contributed by atoms with Crippen LogP contribution in [0.1, 0.15) is 32.2 Å². The molecule has 1 amide bonds. The zero-order valence-electron chi connectivity index (χ0n) is 11.1. The summed E-state index contributed by atoms with van der Waals surface area (Å²) in [5.74, 6) is 0.0584. The Morgan fingerprint density at radius 2 is 2.35 bits per heavy atom. The molecule has 2 aliphatic heterocycles. The largest absolute Gasteiger partial charge is 0.333 e. The standard InChI is InChI=1S/C14H16N4OS/c19-14(13-10-7-15-4-1-11(10)16-17-13)18-5-2-12-9(8-18)3-6-20-12/h3,6,15H,1-2,4-5,7-8H2,(H,16,17). The van der Waals surface area contributed by atoms with Gasteiger partial charge in [0.05, 0.1) is 0 Å². The summed E-state index contributed by atoms with van der Waals surface area (Å²) in [6.07, 6.45) is 1.88. The molecule has 2 aromatic rings. The predicted molar refractivity (Wildman–Crippen MR) is 76.8 cm³/mol. The number of carbonyl (C=O) groups is 1. The third kappa shape index (κ3) is 1.87. The van der Waals surface area contributed by atoms with Gasteiger partial charge in [-0.1, -0.05) is 0 Å². The molecule has 0 saturated heterocycles. The number of aromatic nitrogens is 2. The number of nitrogens with zero attached hydrogens (tertiary/aromatic N) is 2. The molecule has 4 rings (SSSR count). The van der Waals surface area contributed by atoms with E-state index in [1.165, 1.54) is 10.4 Å². The molecule has 0 saturated carbocycles. The molecule has 2 aliphatic rings. The highest BCUT2D eigenvalue weighted by Crippen LogP contribution is 2.26. The first-order valence-corrected chi connectivity index (χ1v) is 7.82. The zero-order valence-corrected chi connectivity index (χ0v) is 11.9. The summed E-state index contributed by atoms with van der Waals surface area (Å²) < 4.78 is 0. The van der Waals surface area contributed by atoms with Gasteiger partial charge < -0.3 is 10.2 Å². The van der Waals surface area contributed by atoms with Gasteiger partial charge in [0.25, 0.3) is 5.91 Å². The molecule has 0 fully saturated rings. The van der Waals surface area contributed by atoms with E-state index in [-0.39, 0.29) is 5.91 Å². The van der Waals surface area contributed by atoms with Gasteiger partial charge in [-0.3, -0.25) is 9.89 Å². The molecule has 0 atom stereocenters. The Labute approximate surface area is 121 Å². The zero-order chi connectivity index (χ0) is 13.5. The van der Waals surface area contributed by atoms with Crippen molar-refractivity contribution in [2.45, 2.75) is 25.9 Å². The predicted octanol–water partition coefficient (Wildman–Crippen LogP) is 1.32. The van der Waals surface area contributed by atoms with Crippen LogP contribution in [-0.4, -0.2) is 34.1 Å². The molecular weight excluding hydrogens is 272 g/mol. The molecule has 0 aromatic carbocycles. The highest BCUT2D eigenvalue weighted by Gasteiger charge is 2.28. The summed E-state index contributed by atoms with van der Waals surface area (Å²) in [4.78, 5) is 16.0. The average molecular weight is 288 g/mol. The number of H-pyrrole nitrogens is 1. The second-order valence-corrected chi connectivity index (χ2v) is 6.30. The van der Waals surface area contributed by atoms with Crippen molar-refractivity contribution in [3.63, 3.8) is 0 Å². The van der Waals surface area contributed by atoms with Crippen molar-refractivity contribution in [2.24, 2.45) is 0 Å². The van der Waals surface area contributed by atoms with Crippen molar-refractivity contribution in [1.29, 1.82) is 0 Å². The number of rotatable bonds is 1. The third-order valence-corrected chi connectivity index (χ3v) is 5.13. The monoisotopic (exact) mass is 288 g/mol. The number of fused-ring (bicyclic) bond motifs is 2. The SMILES string of the molecule is O=C(c1n[nH]c2c1CNCC2)N1CCc2sccc2C1. The minimum atomic E-state index is 0.0584. The summed E-state index contributed by atoms with van der Waals surface area (Å²) in [5, 5.41) is 12.7. The molecule has 0 unspecified atom stereocenters. The Hall–Kier alpha value is -1.66. The van der Waals surface area contributed by atoms with E-state index in [1.54, 1.807) is 11.3 Å². The van der Waals surface area contributed by atoms with Crippen LogP contribution in [0.4, 0.5) is 0 Å². The number of aromatic amines is 1. The van der Waals surface area contributed by atoms with E-state index in [2.05, 4.69) is 27.0 Å². The smallest absolute Gasteiger partial charge is 0.275 e. The van der Waals surface area contributed by atoms with Crippen molar-refractivity contribution in [1.82, 2.24) is 20.4 Å². The second kappa shape index (κ2) is 4.71. The van der Waals surface area contributed by atoms with E-state index in [0.717, 1.165) is 43.7 Å². The highest BCUT2D eigenvalue weighted by molar-refractivity contribution is 7.10. The van der Waals surface area contributed by atoms with E-state index < -0.39 is 0 Å². The van der Waals surface area contributed by atoms with Crippen LogP contribution in [0.5, 0.6) is 0 Å². The first-order valence-electron chi connectivity index (χ1n) is 6.94. The minimum absolute atomic E-state index is 0.0584. The number of nitrogens with one attached hydrogen (secondary N) is 2. The molecule has 0 aliphatic carbocycles.